The molecule has 1 heterocycles. The second-order valence-corrected chi connectivity index (χ2v) is 7.92. The van der Waals surface area contributed by atoms with E-state index >= 15 is 0 Å². The zero-order valence-electron chi connectivity index (χ0n) is 18.3. The largest absolute Gasteiger partial charge is 0.506 e. The van der Waals surface area contributed by atoms with Gasteiger partial charge in [0, 0.05) is 6.42 Å². The predicted molar refractivity (Wildman–Crippen MR) is 128 cm³/mol. The van der Waals surface area contributed by atoms with E-state index in [4.69, 9.17) is 25.8 Å². The summed E-state index contributed by atoms with van der Waals surface area (Å²) in [6.45, 7) is 9.73. The van der Waals surface area contributed by atoms with Crippen LogP contribution in [0.2, 0.25) is 5.02 Å². The van der Waals surface area contributed by atoms with Crippen LogP contribution in [0.4, 0.5) is 0 Å². The second-order valence-electron chi connectivity index (χ2n) is 6.48. The third-order valence-corrected chi connectivity index (χ3v) is 5.34. The number of ether oxygens (including phenoxy) is 3. The summed E-state index contributed by atoms with van der Waals surface area (Å²) in [7, 11) is 0. The highest BCUT2D eigenvalue weighted by Crippen LogP contribution is 2.42. The number of aliphatic hydroxyl groups excluding tert-OH is 1. The quantitative estimate of drug-likeness (QED) is 0.350. The SMILES string of the molecule is C=CCOc1c(Cl)cc(/C=C2\SC(=NC(=O)CCC)C(C(=O)OCC)=C2O)cc1OCC. The number of benzene rings is 1. The van der Waals surface area contributed by atoms with Gasteiger partial charge in [0.1, 0.15) is 23.0 Å². The number of hydrogen-bond acceptors (Lipinski definition) is 7. The molecule has 32 heavy (non-hydrogen) atoms. The van der Waals surface area contributed by atoms with Crippen molar-refractivity contribution in [3.8, 4) is 11.5 Å². The maximum Gasteiger partial charge on any atom is 0.344 e. The van der Waals surface area contributed by atoms with Crippen LogP contribution in [0.15, 0.2) is 46.0 Å². The van der Waals surface area contributed by atoms with Crippen LogP contribution in [0.3, 0.4) is 0 Å². The molecule has 0 saturated heterocycles. The Bertz CT molecular complexity index is 983. The number of aliphatic imine (C=N–C) groups is 1. The number of hydrogen-bond donors (Lipinski definition) is 1. The lowest BCUT2D eigenvalue weighted by molar-refractivity contribution is -0.138. The molecule has 1 aliphatic heterocycles. The van der Waals surface area contributed by atoms with Crippen molar-refractivity contribution in [2.45, 2.75) is 33.6 Å². The van der Waals surface area contributed by atoms with E-state index in [0.717, 1.165) is 11.8 Å². The molecule has 1 N–H and O–H groups in total. The Balaban J connectivity index is 2.51. The number of esters is 1. The molecule has 2 rings (SSSR count). The summed E-state index contributed by atoms with van der Waals surface area (Å²) in [5, 5.41) is 11.1. The third kappa shape index (κ3) is 6.40. The fourth-order valence-corrected chi connectivity index (χ4v) is 4.05. The normalized spacial score (nSPS) is 15.9. The first kappa shape index (κ1) is 25.5. The smallest absolute Gasteiger partial charge is 0.344 e. The monoisotopic (exact) mass is 479 g/mol. The van der Waals surface area contributed by atoms with E-state index in [-0.39, 0.29) is 41.9 Å². The van der Waals surface area contributed by atoms with Gasteiger partial charge in [-0.2, -0.15) is 0 Å². The van der Waals surface area contributed by atoms with Crippen LogP contribution < -0.4 is 9.47 Å². The van der Waals surface area contributed by atoms with E-state index in [1.807, 2.05) is 13.8 Å². The summed E-state index contributed by atoms with van der Waals surface area (Å²) in [4.78, 5) is 28.8. The predicted octanol–water partition coefficient (Wildman–Crippen LogP) is 5.49. The first-order chi connectivity index (χ1) is 15.4. The fraction of sp³-hybridized carbons (Fsp3) is 0.348. The van der Waals surface area contributed by atoms with Crippen LogP contribution in [-0.2, 0) is 14.3 Å². The molecule has 1 amide bonds. The molecule has 1 aromatic carbocycles. The topological polar surface area (TPSA) is 94.4 Å². The van der Waals surface area contributed by atoms with E-state index in [2.05, 4.69) is 11.6 Å². The Labute approximate surface area is 196 Å². The van der Waals surface area contributed by atoms with Crippen molar-refractivity contribution in [3.63, 3.8) is 0 Å². The zero-order valence-corrected chi connectivity index (χ0v) is 19.8. The van der Waals surface area contributed by atoms with Crippen molar-refractivity contribution in [2.24, 2.45) is 4.99 Å². The minimum absolute atomic E-state index is 0.104. The van der Waals surface area contributed by atoms with E-state index in [9.17, 15) is 14.7 Å². The number of nitrogens with zero attached hydrogens (tertiary/aromatic N) is 1. The third-order valence-electron chi connectivity index (χ3n) is 4.04. The molecule has 0 radical (unpaired) electrons. The minimum Gasteiger partial charge on any atom is -0.506 e. The Kier molecular flexibility index (Phi) is 9.87. The van der Waals surface area contributed by atoms with Crippen LogP contribution in [0.25, 0.3) is 6.08 Å². The average molecular weight is 480 g/mol. The average Bonchev–Trinajstić information content (AvgIpc) is 3.02. The Hall–Kier alpha value is -2.71. The summed E-state index contributed by atoms with van der Waals surface area (Å²) in [5.74, 6) is -0.620. The molecule has 0 spiro atoms. The molecule has 9 heteroatoms. The summed E-state index contributed by atoms with van der Waals surface area (Å²) >= 11 is 7.40. The molecule has 7 nitrogen and oxygen atoms in total. The van der Waals surface area contributed by atoms with Gasteiger partial charge in [-0.1, -0.05) is 42.9 Å². The van der Waals surface area contributed by atoms with Gasteiger partial charge in [-0.25, -0.2) is 9.79 Å². The molecule has 0 bridgehead atoms. The lowest BCUT2D eigenvalue weighted by atomic mass is 10.1. The van der Waals surface area contributed by atoms with Crippen molar-refractivity contribution >= 4 is 46.4 Å². The van der Waals surface area contributed by atoms with Gasteiger partial charge in [0.25, 0.3) is 0 Å². The molecule has 0 atom stereocenters. The summed E-state index contributed by atoms with van der Waals surface area (Å²) < 4.78 is 16.3. The lowest BCUT2D eigenvalue weighted by Gasteiger charge is -2.13. The van der Waals surface area contributed by atoms with Crippen LogP contribution in [0, 0.1) is 0 Å². The summed E-state index contributed by atoms with van der Waals surface area (Å²) in [5.41, 5.74) is 0.470. The zero-order chi connectivity index (χ0) is 23.7. The van der Waals surface area contributed by atoms with Crippen LogP contribution in [0.1, 0.15) is 39.2 Å². The molecular weight excluding hydrogens is 454 g/mol. The lowest BCUT2D eigenvalue weighted by Crippen LogP contribution is -2.14. The first-order valence-electron chi connectivity index (χ1n) is 10.2. The number of carbonyl (C=O) groups excluding carboxylic acids is 2. The maximum absolute atomic E-state index is 12.4. The van der Waals surface area contributed by atoms with Crippen molar-refractivity contribution in [3.05, 3.63) is 51.6 Å². The Morgan fingerprint density at radius 2 is 1.97 bits per heavy atom. The molecular formula is C23H26ClNO6S. The van der Waals surface area contributed by atoms with Crippen molar-refractivity contribution in [1.29, 1.82) is 0 Å². The van der Waals surface area contributed by atoms with Gasteiger partial charge in [0.15, 0.2) is 11.5 Å². The molecule has 0 saturated carbocycles. The van der Waals surface area contributed by atoms with Crippen LogP contribution >= 0.6 is 23.4 Å². The Morgan fingerprint density at radius 3 is 2.59 bits per heavy atom. The molecule has 1 aromatic rings. The van der Waals surface area contributed by atoms with Gasteiger partial charge in [-0.15, -0.1) is 0 Å². The summed E-state index contributed by atoms with van der Waals surface area (Å²) in [6.07, 6.45) is 4.07. The number of halogens is 1. The standard InChI is InChI=1S/C23H26ClNO6S/c1-5-9-18(26)25-22-19(23(28)30-8-4)20(27)17(32-22)13-14-11-15(24)21(31-10-6-2)16(12-14)29-7-3/h6,11-13,27H,2,5,7-10H2,1,3-4H3/b17-13-,25-22?. The van der Waals surface area contributed by atoms with E-state index in [0.29, 0.717) is 40.0 Å². The molecule has 0 fully saturated rings. The maximum atomic E-state index is 12.4. The van der Waals surface area contributed by atoms with Gasteiger partial charge in [0.2, 0.25) is 5.91 Å². The highest BCUT2D eigenvalue weighted by Gasteiger charge is 2.33. The minimum atomic E-state index is -0.745. The van der Waals surface area contributed by atoms with Gasteiger partial charge in [-0.3, -0.25) is 4.79 Å². The molecule has 172 valence electrons. The number of rotatable bonds is 10. The van der Waals surface area contributed by atoms with Gasteiger partial charge >= 0.3 is 5.97 Å². The van der Waals surface area contributed by atoms with E-state index in [1.165, 1.54) is 0 Å². The second kappa shape index (κ2) is 12.4. The molecule has 0 aliphatic carbocycles. The van der Waals surface area contributed by atoms with Gasteiger partial charge in [0.05, 0.1) is 23.1 Å². The number of aliphatic hydroxyl groups is 1. The number of thioether (sulfide) groups is 1. The number of carbonyl (C=O) groups is 2. The van der Waals surface area contributed by atoms with Crippen molar-refractivity contribution in [1.82, 2.24) is 0 Å². The molecule has 1 aliphatic rings. The molecule has 0 unspecified atom stereocenters. The summed E-state index contributed by atoms with van der Waals surface area (Å²) in [6, 6.07) is 3.35. The van der Waals surface area contributed by atoms with Gasteiger partial charge in [-0.05, 0) is 44.0 Å². The van der Waals surface area contributed by atoms with Crippen molar-refractivity contribution < 1.29 is 28.9 Å². The van der Waals surface area contributed by atoms with Gasteiger partial charge < -0.3 is 19.3 Å². The number of amides is 1. The van der Waals surface area contributed by atoms with Crippen LogP contribution in [-0.4, -0.2) is 41.8 Å². The highest BCUT2D eigenvalue weighted by atomic mass is 35.5. The molecule has 0 aromatic heterocycles. The van der Waals surface area contributed by atoms with Crippen molar-refractivity contribution in [2.75, 3.05) is 19.8 Å². The van der Waals surface area contributed by atoms with E-state index in [1.54, 1.807) is 31.2 Å². The Morgan fingerprint density at radius 1 is 1.22 bits per heavy atom. The van der Waals surface area contributed by atoms with E-state index < -0.39 is 5.97 Å². The van der Waals surface area contributed by atoms with Crippen LogP contribution in [0.5, 0.6) is 11.5 Å². The highest BCUT2D eigenvalue weighted by molar-refractivity contribution is 8.18. The fourth-order valence-electron chi connectivity index (χ4n) is 2.74. The first-order valence-corrected chi connectivity index (χ1v) is 11.4.